The van der Waals surface area contributed by atoms with E-state index in [1.807, 2.05) is 6.08 Å². The predicted octanol–water partition coefficient (Wildman–Crippen LogP) is 13.5. The molecule has 0 rings (SSSR count). The average molecular weight is 746 g/mol. The van der Waals surface area contributed by atoms with E-state index in [1.165, 1.54) is 173 Å². The highest BCUT2D eigenvalue weighted by atomic mass is 16.3. The topological polar surface area (TPSA) is 89.8 Å². The lowest BCUT2D eigenvalue weighted by Crippen LogP contribution is -2.48. The molecule has 0 fully saturated rings. The van der Waals surface area contributed by atoms with E-state index in [0.29, 0.717) is 6.42 Å². The second-order valence-corrected chi connectivity index (χ2v) is 16.0. The first-order chi connectivity index (χ1) is 26.1. The van der Waals surface area contributed by atoms with E-state index in [9.17, 15) is 20.1 Å². The van der Waals surface area contributed by atoms with E-state index < -0.39 is 24.2 Å². The molecule has 0 aliphatic rings. The standard InChI is InChI=1S/C48H91NO4/c1-3-5-7-9-11-13-15-17-19-21-22-23-24-25-26-27-29-30-32-34-36-38-40-42-46(51)45(44-50)49-48(53)47(52)43-41-39-37-35-33-31-28-20-18-16-14-12-10-8-6-4-2/h26-27,32,34,40,42,45-47,50-52H,3-25,28-31,33,35-39,41,43-44H2,1-2H3,(H,49,53)/b27-26+,34-32+,42-40+. The molecule has 0 radical (unpaired) electrons. The zero-order valence-corrected chi connectivity index (χ0v) is 35.4. The van der Waals surface area contributed by atoms with Crippen LogP contribution in [0.25, 0.3) is 0 Å². The van der Waals surface area contributed by atoms with Crippen molar-refractivity contribution in [3.63, 3.8) is 0 Å². The molecule has 4 N–H and O–H groups in total. The molecule has 5 nitrogen and oxygen atoms in total. The van der Waals surface area contributed by atoms with E-state index in [0.717, 1.165) is 44.9 Å². The first kappa shape index (κ1) is 51.6. The largest absolute Gasteiger partial charge is 0.394 e. The Labute approximate surface area is 330 Å². The lowest BCUT2D eigenvalue weighted by molar-refractivity contribution is -0.131. The highest BCUT2D eigenvalue weighted by Crippen LogP contribution is 2.16. The third-order valence-corrected chi connectivity index (χ3v) is 10.7. The molecule has 0 aliphatic carbocycles. The minimum Gasteiger partial charge on any atom is -0.394 e. The van der Waals surface area contributed by atoms with Crippen LogP contribution >= 0.6 is 0 Å². The Balaban J connectivity index is 3.71. The first-order valence-electron chi connectivity index (χ1n) is 23.3. The number of hydrogen-bond donors (Lipinski definition) is 4. The third-order valence-electron chi connectivity index (χ3n) is 10.7. The summed E-state index contributed by atoms with van der Waals surface area (Å²) < 4.78 is 0. The smallest absolute Gasteiger partial charge is 0.249 e. The van der Waals surface area contributed by atoms with Gasteiger partial charge in [0.05, 0.1) is 18.8 Å². The van der Waals surface area contributed by atoms with E-state index in [1.54, 1.807) is 6.08 Å². The van der Waals surface area contributed by atoms with Crippen LogP contribution in [0.2, 0.25) is 0 Å². The average Bonchev–Trinajstić information content (AvgIpc) is 3.16. The van der Waals surface area contributed by atoms with Crippen LogP contribution in [0.15, 0.2) is 36.5 Å². The molecule has 0 spiro atoms. The Hall–Kier alpha value is -1.43. The van der Waals surface area contributed by atoms with Crippen molar-refractivity contribution in [1.29, 1.82) is 0 Å². The van der Waals surface area contributed by atoms with Crippen molar-refractivity contribution in [2.24, 2.45) is 0 Å². The maximum atomic E-state index is 12.5. The van der Waals surface area contributed by atoms with Crippen LogP contribution in [0.3, 0.4) is 0 Å². The van der Waals surface area contributed by atoms with Crippen molar-refractivity contribution in [3.8, 4) is 0 Å². The fourth-order valence-corrected chi connectivity index (χ4v) is 7.04. The summed E-state index contributed by atoms with van der Waals surface area (Å²) in [6, 6.07) is -0.818. The minimum atomic E-state index is -1.11. The molecule has 312 valence electrons. The summed E-state index contributed by atoms with van der Waals surface area (Å²) in [4.78, 5) is 12.5. The van der Waals surface area contributed by atoms with Gasteiger partial charge in [-0.3, -0.25) is 4.79 Å². The highest BCUT2D eigenvalue weighted by molar-refractivity contribution is 5.80. The van der Waals surface area contributed by atoms with E-state index in [2.05, 4.69) is 43.5 Å². The van der Waals surface area contributed by atoms with Crippen LogP contribution in [0.5, 0.6) is 0 Å². The minimum absolute atomic E-state index is 0.379. The molecule has 0 aromatic rings. The normalized spacial score (nSPS) is 13.8. The predicted molar refractivity (Wildman–Crippen MR) is 231 cm³/mol. The Morgan fingerprint density at radius 3 is 1.15 bits per heavy atom. The number of aliphatic hydroxyl groups excluding tert-OH is 3. The van der Waals surface area contributed by atoms with Gasteiger partial charge in [-0.05, 0) is 44.9 Å². The summed E-state index contributed by atoms with van der Waals surface area (Å²) in [5.41, 5.74) is 0. The van der Waals surface area contributed by atoms with Gasteiger partial charge in [-0.25, -0.2) is 0 Å². The second kappa shape index (κ2) is 43.3. The van der Waals surface area contributed by atoms with Crippen molar-refractivity contribution in [3.05, 3.63) is 36.5 Å². The summed E-state index contributed by atoms with van der Waals surface area (Å²) in [5.74, 6) is -0.515. The van der Waals surface area contributed by atoms with Crippen molar-refractivity contribution in [2.75, 3.05) is 6.61 Å². The molecular weight excluding hydrogens is 655 g/mol. The fraction of sp³-hybridized carbons (Fsp3) is 0.854. The number of allylic oxidation sites excluding steroid dienone is 5. The van der Waals surface area contributed by atoms with Gasteiger partial charge < -0.3 is 20.6 Å². The number of aliphatic hydroxyl groups is 3. The van der Waals surface area contributed by atoms with Crippen LogP contribution in [0, 0.1) is 0 Å². The molecule has 0 aromatic carbocycles. The molecule has 0 heterocycles. The van der Waals surface area contributed by atoms with Crippen molar-refractivity contribution >= 4 is 5.91 Å². The van der Waals surface area contributed by atoms with E-state index >= 15 is 0 Å². The van der Waals surface area contributed by atoms with E-state index in [-0.39, 0.29) is 6.61 Å². The number of carbonyl (C=O) groups excluding carboxylic acids is 1. The fourth-order valence-electron chi connectivity index (χ4n) is 7.04. The number of carbonyl (C=O) groups is 1. The zero-order chi connectivity index (χ0) is 38.7. The number of rotatable bonds is 42. The molecule has 0 aromatic heterocycles. The van der Waals surface area contributed by atoms with Gasteiger partial charge in [-0.15, -0.1) is 0 Å². The van der Waals surface area contributed by atoms with Gasteiger partial charge in [-0.1, -0.05) is 230 Å². The molecule has 0 bridgehead atoms. The maximum Gasteiger partial charge on any atom is 0.249 e. The molecule has 3 unspecified atom stereocenters. The zero-order valence-electron chi connectivity index (χ0n) is 35.4. The van der Waals surface area contributed by atoms with Gasteiger partial charge in [0.15, 0.2) is 0 Å². The summed E-state index contributed by atoms with van der Waals surface area (Å²) >= 11 is 0. The Bertz CT molecular complexity index is 824. The molecule has 53 heavy (non-hydrogen) atoms. The Morgan fingerprint density at radius 1 is 0.453 bits per heavy atom. The lowest BCUT2D eigenvalue weighted by atomic mass is 10.0. The SMILES string of the molecule is CCCCCCCCCCCCCCC/C=C/CC/C=C/CC/C=C/C(O)C(CO)NC(=O)C(O)CCCCCCCCCCCCCCCCCC. The highest BCUT2D eigenvalue weighted by Gasteiger charge is 2.22. The van der Waals surface area contributed by atoms with Gasteiger partial charge in [0, 0.05) is 0 Å². The molecule has 0 aliphatic heterocycles. The van der Waals surface area contributed by atoms with Gasteiger partial charge >= 0.3 is 0 Å². The summed E-state index contributed by atoms with van der Waals surface area (Å²) in [6.45, 7) is 4.18. The molecular formula is C48H91NO4. The molecule has 0 saturated carbocycles. The monoisotopic (exact) mass is 746 g/mol. The molecule has 3 atom stereocenters. The summed E-state index contributed by atoms with van der Waals surface area (Å²) in [7, 11) is 0. The third kappa shape index (κ3) is 38.6. The van der Waals surface area contributed by atoms with E-state index in [4.69, 9.17) is 0 Å². The maximum absolute atomic E-state index is 12.5. The molecule has 1 amide bonds. The lowest BCUT2D eigenvalue weighted by Gasteiger charge is -2.21. The van der Waals surface area contributed by atoms with Crippen LogP contribution < -0.4 is 5.32 Å². The second-order valence-electron chi connectivity index (χ2n) is 16.0. The first-order valence-corrected chi connectivity index (χ1v) is 23.3. The van der Waals surface area contributed by atoms with Crippen molar-refractivity contribution < 1.29 is 20.1 Å². The van der Waals surface area contributed by atoms with Crippen LogP contribution in [-0.4, -0.2) is 46.1 Å². The number of nitrogens with one attached hydrogen (secondary N) is 1. The number of hydrogen-bond acceptors (Lipinski definition) is 4. The Morgan fingerprint density at radius 2 is 0.774 bits per heavy atom. The van der Waals surface area contributed by atoms with Crippen LogP contribution in [-0.2, 0) is 4.79 Å². The van der Waals surface area contributed by atoms with Gasteiger partial charge in [0.2, 0.25) is 5.91 Å². The van der Waals surface area contributed by atoms with Crippen molar-refractivity contribution in [2.45, 2.75) is 257 Å². The molecule has 0 saturated heterocycles. The quantitative estimate of drug-likeness (QED) is 0.0370. The van der Waals surface area contributed by atoms with Gasteiger partial charge in [0.25, 0.3) is 0 Å². The summed E-state index contributed by atoms with van der Waals surface area (Å²) in [5, 5.41) is 33.1. The van der Waals surface area contributed by atoms with Crippen LogP contribution in [0.4, 0.5) is 0 Å². The van der Waals surface area contributed by atoms with Gasteiger partial charge in [0.1, 0.15) is 6.10 Å². The molecule has 5 heteroatoms. The number of unbranched alkanes of at least 4 members (excludes halogenated alkanes) is 30. The summed E-state index contributed by atoms with van der Waals surface area (Å²) in [6.07, 6.45) is 54.7. The van der Waals surface area contributed by atoms with Gasteiger partial charge in [-0.2, -0.15) is 0 Å². The van der Waals surface area contributed by atoms with Crippen LogP contribution in [0.1, 0.15) is 239 Å². The number of amides is 1. The Kier molecular flexibility index (Phi) is 42.1. The van der Waals surface area contributed by atoms with Crippen molar-refractivity contribution in [1.82, 2.24) is 5.32 Å².